The standard InChI is InChI=1S/C23H23FO3/c1-25-23(8-10-26-11-9-23)20-13-21(24)15-22(14-20)27-16-17-6-7-18-4-2-3-5-19(18)12-17/h2-7,12-15H,8-11,16H2,1H3. The minimum Gasteiger partial charge on any atom is -0.489 e. The van der Waals surface area contributed by atoms with Gasteiger partial charge in [0.2, 0.25) is 0 Å². The van der Waals surface area contributed by atoms with Gasteiger partial charge in [0.05, 0.1) is 5.60 Å². The molecule has 140 valence electrons. The molecule has 0 bridgehead atoms. The van der Waals surface area contributed by atoms with Crippen molar-refractivity contribution in [2.24, 2.45) is 0 Å². The maximum absolute atomic E-state index is 14.3. The highest BCUT2D eigenvalue weighted by Crippen LogP contribution is 2.37. The second-order valence-electron chi connectivity index (χ2n) is 6.96. The van der Waals surface area contributed by atoms with Gasteiger partial charge in [-0.3, -0.25) is 0 Å². The minimum atomic E-state index is -0.512. The summed E-state index contributed by atoms with van der Waals surface area (Å²) >= 11 is 0. The number of methoxy groups -OCH3 is 1. The predicted molar refractivity (Wildman–Crippen MR) is 103 cm³/mol. The van der Waals surface area contributed by atoms with Gasteiger partial charge >= 0.3 is 0 Å². The molecule has 1 heterocycles. The number of fused-ring (bicyclic) bond motifs is 1. The van der Waals surface area contributed by atoms with Crippen molar-refractivity contribution in [3.63, 3.8) is 0 Å². The smallest absolute Gasteiger partial charge is 0.127 e. The average Bonchev–Trinajstić information content (AvgIpc) is 2.72. The summed E-state index contributed by atoms with van der Waals surface area (Å²) in [5, 5.41) is 2.36. The Balaban J connectivity index is 1.55. The second kappa shape index (κ2) is 7.67. The Morgan fingerprint density at radius 1 is 0.963 bits per heavy atom. The van der Waals surface area contributed by atoms with Crippen LogP contribution in [-0.2, 0) is 21.7 Å². The van der Waals surface area contributed by atoms with Crippen molar-refractivity contribution in [2.75, 3.05) is 20.3 Å². The van der Waals surface area contributed by atoms with Crippen molar-refractivity contribution >= 4 is 10.8 Å². The molecule has 0 spiro atoms. The highest BCUT2D eigenvalue weighted by molar-refractivity contribution is 5.82. The van der Waals surface area contributed by atoms with Gasteiger partial charge in [-0.15, -0.1) is 0 Å². The Kier molecular flexibility index (Phi) is 5.10. The molecule has 0 aliphatic carbocycles. The zero-order valence-electron chi connectivity index (χ0n) is 15.4. The molecule has 0 saturated carbocycles. The van der Waals surface area contributed by atoms with E-state index in [4.69, 9.17) is 14.2 Å². The van der Waals surface area contributed by atoms with Gasteiger partial charge in [-0.25, -0.2) is 4.39 Å². The van der Waals surface area contributed by atoms with Gasteiger partial charge in [0.1, 0.15) is 18.2 Å². The van der Waals surface area contributed by atoms with Crippen molar-refractivity contribution in [2.45, 2.75) is 25.0 Å². The molecular weight excluding hydrogens is 343 g/mol. The zero-order chi connectivity index (χ0) is 18.7. The summed E-state index contributed by atoms with van der Waals surface area (Å²) in [5.41, 5.74) is 1.34. The normalized spacial score (nSPS) is 16.4. The number of halogens is 1. The van der Waals surface area contributed by atoms with Gasteiger partial charge in [-0.2, -0.15) is 0 Å². The highest BCUT2D eigenvalue weighted by atomic mass is 19.1. The van der Waals surface area contributed by atoms with Crippen LogP contribution in [0, 0.1) is 5.82 Å². The van der Waals surface area contributed by atoms with Crippen LogP contribution in [0.1, 0.15) is 24.0 Å². The Morgan fingerprint density at radius 2 is 1.74 bits per heavy atom. The third-order valence-electron chi connectivity index (χ3n) is 5.31. The Hall–Kier alpha value is -2.43. The quantitative estimate of drug-likeness (QED) is 0.620. The van der Waals surface area contributed by atoms with Crippen LogP contribution in [0.15, 0.2) is 60.7 Å². The SMILES string of the molecule is COC1(c2cc(F)cc(OCc3ccc4ccccc4c3)c2)CCOCC1. The van der Waals surface area contributed by atoms with E-state index in [2.05, 4.69) is 24.3 Å². The van der Waals surface area contributed by atoms with Crippen molar-refractivity contribution in [3.05, 3.63) is 77.6 Å². The van der Waals surface area contributed by atoms with Gasteiger partial charge in [-0.1, -0.05) is 36.4 Å². The molecule has 4 heteroatoms. The molecule has 0 aromatic heterocycles. The van der Waals surface area contributed by atoms with Crippen molar-refractivity contribution in [1.82, 2.24) is 0 Å². The number of ether oxygens (including phenoxy) is 3. The zero-order valence-corrected chi connectivity index (χ0v) is 15.4. The minimum absolute atomic E-state index is 0.316. The topological polar surface area (TPSA) is 27.7 Å². The van der Waals surface area contributed by atoms with E-state index in [1.54, 1.807) is 7.11 Å². The van der Waals surface area contributed by atoms with Crippen molar-refractivity contribution < 1.29 is 18.6 Å². The molecule has 1 fully saturated rings. The molecule has 0 atom stereocenters. The summed E-state index contributed by atoms with van der Waals surface area (Å²) in [6.45, 7) is 1.60. The van der Waals surface area contributed by atoms with Gasteiger partial charge in [0.25, 0.3) is 0 Å². The molecule has 3 aromatic carbocycles. The largest absolute Gasteiger partial charge is 0.489 e. The van der Waals surface area contributed by atoms with E-state index < -0.39 is 5.60 Å². The molecule has 4 rings (SSSR count). The molecule has 3 nitrogen and oxygen atoms in total. The van der Waals surface area contributed by atoms with E-state index in [-0.39, 0.29) is 5.82 Å². The second-order valence-corrected chi connectivity index (χ2v) is 6.96. The monoisotopic (exact) mass is 366 g/mol. The molecule has 1 saturated heterocycles. The Bertz CT molecular complexity index is 932. The van der Waals surface area contributed by atoms with Crippen molar-refractivity contribution in [3.8, 4) is 5.75 Å². The lowest BCUT2D eigenvalue weighted by molar-refractivity contribution is -0.0950. The van der Waals surface area contributed by atoms with E-state index in [1.165, 1.54) is 22.9 Å². The highest BCUT2D eigenvalue weighted by Gasteiger charge is 2.35. The fraction of sp³-hybridized carbons (Fsp3) is 0.304. The van der Waals surface area contributed by atoms with E-state index in [0.717, 1.165) is 11.1 Å². The number of hydrogen-bond acceptors (Lipinski definition) is 3. The maximum atomic E-state index is 14.3. The van der Waals surface area contributed by atoms with Crippen LogP contribution in [0.4, 0.5) is 4.39 Å². The van der Waals surface area contributed by atoms with Crippen LogP contribution in [0.3, 0.4) is 0 Å². The van der Waals surface area contributed by atoms with Crippen LogP contribution in [0.5, 0.6) is 5.75 Å². The van der Waals surface area contributed by atoms with Crippen LogP contribution < -0.4 is 4.74 Å². The Morgan fingerprint density at radius 3 is 2.52 bits per heavy atom. The van der Waals surface area contributed by atoms with Crippen LogP contribution in [-0.4, -0.2) is 20.3 Å². The predicted octanol–water partition coefficient (Wildman–Crippen LogP) is 5.21. The summed E-state index contributed by atoms with van der Waals surface area (Å²) in [4.78, 5) is 0. The Labute approximate surface area is 158 Å². The summed E-state index contributed by atoms with van der Waals surface area (Å²) < 4.78 is 31.4. The molecule has 0 radical (unpaired) electrons. The van der Waals surface area contributed by atoms with Crippen molar-refractivity contribution in [1.29, 1.82) is 0 Å². The van der Waals surface area contributed by atoms with E-state index in [0.29, 0.717) is 38.4 Å². The number of hydrogen-bond donors (Lipinski definition) is 0. The first-order chi connectivity index (χ1) is 13.2. The number of benzene rings is 3. The first-order valence-electron chi connectivity index (χ1n) is 9.23. The van der Waals surface area contributed by atoms with E-state index in [9.17, 15) is 4.39 Å². The lowest BCUT2D eigenvalue weighted by atomic mass is 9.86. The number of rotatable bonds is 5. The lowest BCUT2D eigenvalue weighted by Gasteiger charge is -2.36. The fourth-order valence-corrected chi connectivity index (χ4v) is 3.72. The molecule has 1 aliphatic rings. The fourth-order valence-electron chi connectivity index (χ4n) is 3.72. The summed E-state index contributed by atoms with van der Waals surface area (Å²) in [5.74, 6) is 0.199. The first kappa shape index (κ1) is 18.0. The van der Waals surface area contributed by atoms with Gasteiger partial charge < -0.3 is 14.2 Å². The van der Waals surface area contributed by atoms with E-state index >= 15 is 0 Å². The summed E-state index contributed by atoms with van der Waals surface area (Å²) in [6, 6.07) is 19.3. The molecule has 0 amide bonds. The summed E-state index contributed by atoms with van der Waals surface area (Å²) in [7, 11) is 1.67. The average molecular weight is 366 g/mol. The molecule has 0 N–H and O–H groups in total. The molecule has 27 heavy (non-hydrogen) atoms. The molecule has 3 aromatic rings. The van der Waals surface area contributed by atoms with Gasteiger partial charge in [0.15, 0.2) is 0 Å². The van der Waals surface area contributed by atoms with Crippen LogP contribution in [0.2, 0.25) is 0 Å². The third kappa shape index (κ3) is 3.82. The molecule has 0 unspecified atom stereocenters. The molecule has 1 aliphatic heterocycles. The first-order valence-corrected chi connectivity index (χ1v) is 9.23. The maximum Gasteiger partial charge on any atom is 0.127 e. The van der Waals surface area contributed by atoms with Gasteiger partial charge in [0, 0.05) is 39.2 Å². The van der Waals surface area contributed by atoms with Crippen LogP contribution >= 0.6 is 0 Å². The summed E-state index contributed by atoms with van der Waals surface area (Å²) in [6.07, 6.45) is 1.41. The lowest BCUT2D eigenvalue weighted by Crippen LogP contribution is -2.35. The van der Waals surface area contributed by atoms with Crippen LogP contribution in [0.25, 0.3) is 10.8 Å². The molecular formula is C23H23FO3. The third-order valence-corrected chi connectivity index (χ3v) is 5.31. The van der Waals surface area contributed by atoms with Gasteiger partial charge in [-0.05, 0) is 40.1 Å². The van der Waals surface area contributed by atoms with E-state index in [1.807, 2.05) is 24.3 Å².